The molecule has 1 heterocycles. The summed E-state index contributed by atoms with van der Waals surface area (Å²) < 4.78 is 0. The first kappa shape index (κ1) is 10.2. The van der Waals surface area contributed by atoms with Crippen LogP contribution in [0.15, 0.2) is 11.6 Å². The minimum atomic E-state index is -0.746. The molecule has 0 unspecified atom stereocenters. The van der Waals surface area contributed by atoms with Gasteiger partial charge in [-0.3, -0.25) is 4.79 Å². The lowest BCUT2D eigenvalue weighted by atomic mass is 9.89. The van der Waals surface area contributed by atoms with Crippen molar-refractivity contribution in [3.05, 3.63) is 16.6 Å². The van der Waals surface area contributed by atoms with Crippen molar-refractivity contribution < 1.29 is 9.90 Å². The lowest BCUT2D eigenvalue weighted by molar-refractivity contribution is -0.137. The Morgan fingerprint density at radius 2 is 2.38 bits per heavy atom. The van der Waals surface area contributed by atoms with Crippen LogP contribution in [0.4, 0.5) is 0 Å². The van der Waals surface area contributed by atoms with Gasteiger partial charge in [0.1, 0.15) is 0 Å². The molecule has 1 aromatic heterocycles. The molecule has 72 valence electrons. The number of rotatable bonds is 4. The van der Waals surface area contributed by atoms with Crippen molar-refractivity contribution in [1.29, 1.82) is 0 Å². The SMILES string of the molecule is CC(C)(CCC(=O)O)c1nccs1. The monoisotopic (exact) mass is 199 g/mol. The minimum absolute atomic E-state index is 0.118. The number of carboxylic acid groups (broad SMARTS) is 1. The Labute approximate surface area is 81.4 Å². The predicted molar refractivity (Wildman–Crippen MR) is 52.0 cm³/mol. The van der Waals surface area contributed by atoms with Crippen LogP contribution in [0.5, 0.6) is 0 Å². The summed E-state index contributed by atoms with van der Waals surface area (Å²) in [5.41, 5.74) is -0.118. The molecule has 0 fully saturated rings. The first-order valence-electron chi connectivity index (χ1n) is 4.14. The second-order valence-corrected chi connectivity index (χ2v) is 4.51. The first-order valence-corrected chi connectivity index (χ1v) is 5.02. The molecule has 1 rings (SSSR count). The molecule has 0 saturated carbocycles. The zero-order valence-corrected chi connectivity index (χ0v) is 8.60. The van der Waals surface area contributed by atoms with Gasteiger partial charge in [-0.05, 0) is 6.42 Å². The summed E-state index contributed by atoms with van der Waals surface area (Å²) >= 11 is 1.58. The molecular weight excluding hydrogens is 186 g/mol. The van der Waals surface area contributed by atoms with Crippen LogP contribution in [0.25, 0.3) is 0 Å². The summed E-state index contributed by atoms with van der Waals surface area (Å²) in [6.45, 7) is 4.05. The van der Waals surface area contributed by atoms with Crippen molar-refractivity contribution >= 4 is 17.3 Å². The molecule has 0 aliphatic heterocycles. The molecule has 1 N–H and O–H groups in total. The molecule has 0 aliphatic carbocycles. The van der Waals surface area contributed by atoms with E-state index in [4.69, 9.17) is 5.11 Å². The van der Waals surface area contributed by atoms with Crippen LogP contribution in [0, 0.1) is 0 Å². The Morgan fingerprint density at radius 3 is 2.85 bits per heavy atom. The molecule has 0 aromatic carbocycles. The largest absolute Gasteiger partial charge is 0.481 e. The number of aliphatic carboxylic acids is 1. The number of aromatic nitrogens is 1. The van der Waals surface area contributed by atoms with E-state index in [0.29, 0.717) is 6.42 Å². The number of hydrogen-bond acceptors (Lipinski definition) is 3. The zero-order chi connectivity index (χ0) is 9.90. The van der Waals surface area contributed by atoms with E-state index < -0.39 is 5.97 Å². The minimum Gasteiger partial charge on any atom is -0.481 e. The molecule has 0 bridgehead atoms. The topological polar surface area (TPSA) is 50.2 Å². The van der Waals surface area contributed by atoms with Gasteiger partial charge in [0.25, 0.3) is 0 Å². The maximum atomic E-state index is 10.4. The Morgan fingerprint density at radius 1 is 1.69 bits per heavy atom. The van der Waals surface area contributed by atoms with Gasteiger partial charge >= 0.3 is 5.97 Å². The molecular formula is C9H13NO2S. The number of thiazole rings is 1. The van der Waals surface area contributed by atoms with Gasteiger partial charge in [-0.2, -0.15) is 0 Å². The smallest absolute Gasteiger partial charge is 0.303 e. The van der Waals surface area contributed by atoms with E-state index in [1.54, 1.807) is 17.5 Å². The molecule has 3 nitrogen and oxygen atoms in total. The summed E-state index contributed by atoms with van der Waals surface area (Å²) in [5, 5.41) is 11.5. The van der Waals surface area contributed by atoms with Crippen LogP contribution >= 0.6 is 11.3 Å². The van der Waals surface area contributed by atoms with Gasteiger partial charge in [0.2, 0.25) is 0 Å². The third-order valence-electron chi connectivity index (χ3n) is 1.98. The zero-order valence-electron chi connectivity index (χ0n) is 7.78. The molecule has 0 saturated heterocycles. The Kier molecular flexibility index (Phi) is 3.03. The molecule has 0 amide bonds. The van der Waals surface area contributed by atoms with Crippen molar-refractivity contribution in [3.63, 3.8) is 0 Å². The van der Waals surface area contributed by atoms with Gasteiger partial charge in [0.05, 0.1) is 5.01 Å². The van der Waals surface area contributed by atoms with Crippen LogP contribution < -0.4 is 0 Å². The normalized spacial score (nSPS) is 11.5. The fraction of sp³-hybridized carbons (Fsp3) is 0.556. The fourth-order valence-electron chi connectivity index (χ4n) is 1.08. The molecule has 0 atom stereocenters. The van der Waals surface area contributed by atoms with E-state index in [9.17, 15) is 4.79 Å². The van der Waals surface area contributed by atoms with Gasteiger partial charge < -0.3 is 5.11 Å². The van der Waals surface area contributed by atoms with Crippen molar-refractivity contribution in [1.82, 2.24) is 4.98 Å². The van der Waals surface area contributed by atoms with Gasteiger partial charge in [0, 0.05) is 23.4 Å². The number of carbonyl (C=O) groups is 1. The third kappa shape index (κ3) is 2.81. The van der Waals surface area contributed by atoms with E-state index >= 15 is 0 Å². The summed E-state index contributed by atoms with van der Waals surface area (Å²) in [6.07, 6.45) is 2.59. The molecule has 1 aromatic rings. The van der Waals surface area contributed by atoms with Crippen LogP contribution in [0.3, 0.4) is 0 Å². The van der Waals surface area contributed by atoms with E-state index in [0.717, 1.165) is 5.01 Å². The van der Waals surface area contributed by atoms with Crippen molar-refractivity contribution in [3.8, 4) is 0 Å². The summed E-state index contributed by atoms with van der Waals surface area (Å²) in [4.78, 5) is 14.6. The van der Waals surface area contributed by atoms with Crippen LogP contribution in [0.2, 0.25) is 0 Å². The maximum Gasteiger partial charge on any atom is 0.303 e. The molecule has 0 aliphatic rings. The maximum absolute atomic E-state index is 10.4. The van der Waals surface area contributed by atoms with Crippen molar-refractivity contribution in [2.24, 2.45) is 0 Å². The predicted octanol–water partition coefficient (Wildman–Crippen LogP) is 2.29. The summed E-state index contributed by atoms with van der Waals surface area (Å²) in [7, 11) is 0. The molecule has 4 heteroatoms. The lowest BCUT2D eigenvalue weighted by Gasteiger charge is -2.20. The lowest BCUT2D eigenvalue weighted by Crippen LogP contribution is -2.18. The van der Waals surface area contributed by atoms with Crippen LogP contribution in [0.1, 0.15) is 31.7 Å². The molecule has 0 radical (unpaired) electrons. The van der Waals surface area contributed by atoms with Crippen LogP contribution in [-0.2, 0) is 10.2 Å². The van der Waals surface area contributed by atoms with E-state index in [2.05, 4.69) is 4.98 Å². The number of carboxylic acids is 1. The summed E-state index contributed by atoms with van der Waals surface area (Å²) in [5.74, 6) is -0.746. The average Bonchev–Trinajstić information content (AvgIpc) is 2.53. The average molecular weight is 199 g/mol. The second kappa shape index (κ2) is 3.87. The first-order chi connectivity index (χ1) is 6.02. The molecule has 13 heavy (non-hydrogen) atoms. The quantitative estimate of drug-likeness (QED) is 0.809. The second-order valence-electron chi connectivity index (χ2n) is 3.61. The highest BCUT2D eigenvalue weighted by atomic mass is 32.1. The van der Waals surface area contributed by atoms with E-state index in [1.165, 1.54) is 0 Å². The molecule has 0 spiro atoms. The van der Waals surface area contributed by atoms with Gasteiger partial charge in [0.15, 0.2) is 0 Å². The van der Waals surface area contributed by atoms with E-state index in [-0.39, 0.29) is 11.8 Å². The number of nitrogens with zero attached hydrogens (tertiary/aromatic N) is 1. The van der Waals surface area contributed by atoms with Crippen molar-refractivity contribution in [2.75, 3.05) is 0 Å². The van der Waals surface area contributed by atoms with E-state index in [1.807, 2.05) is 19.2 Å². The highest BCUT2D eigenvalue weighted by molar-refractivity contribution is 7.09. The van der Waals surface area contributed by atoms with Crippen molar-refractivity contribution in [2.45, 2.75) is 32.1 Å². The third-order valence-corrected chi connectivity index (χ3v) is 3.11. The Balaban J connectivity index is 2.61. The van der Waals surface area contributed by atoms with Gasteiger partial charge in [-0.25, -0.2) is 4.98 Å². The summed E-state index contributed by atoms with van der Waals surface area (Å²) in [6, 6.07) is 0. The van der Waals surface area contributed by atoms with Crippen LogP contribution in [-0.4, -0.2) is 16.1 Å². The van der Waals surface area contributed by atoms with Gasteiger partial charge in [-0.1, -0.05) is 13.8 Å². The van der Waals surface area contributed by atoms with Gasteiger partial charge in [-0.15, -0.1) is 11.3 Å². The Hall–Kier alpha value is -0.900. The number of hydrogen-bond donors (Lipinski definition) is 1. The Bertz CT molecular complexity index is 280. The fourth-order valence-corrected chi connectivity index (χ4v) is 1.88. The standard InChI is InChI=1S/C9H13NO2S/c1-9(2,4-3-7(11)12)8-10-5-6-13-8/h5-6H,3-4H2,1-2H3,(H,11,12). The highest BCUT2D eigenvalue weighted by Gasteiger charge is 2.23. The highest BCUT2D eigenvalue weighted by Crippen LogP contribution is 2.29.